The van der Waals surface area contributed by atoms with E-state index in [1.54, 1.807) is 12.5 Å². The van der Waals surface area contributed by atoms with Crippen molar-refractivity contribution in [3.8, 4) is 0 Å². The number of hydrogen-bond acceptors (Lipinski definition) is 1. The first-order valence-electron chi connectivity index (χ1n) is 12.8. The van der Waals surface area contributed by atoms with Gasteiger partial charge in [0.1, 0.15) is 0 Å². The molecule has 0 radical (unpaired) electrons. The SMILES string of the molecule is CC1[C-]=C(c2ccoc2)C=C1.[Cl-].[Cl-].[Zr+2]=[C](c1ccccc1)c1ccccc1.c1ccc2c(c1)[cH-]c1ccccc12. The van der Waals surface area contributed by atoms with Crippen LogP contribution >= 0.6 is 0 Å². The molecule has 6 aromatic rings. The third-order valence-corrected chi connectivity index (χ3v) is 7.83. The van der Waals surface area contributed by atoms with Gasteiger partial charge in [-0.2, -0.15) is 17.7 Å². The molecule has 1 aliphatic carbocycles. The van der Waals surface area contributed by atoms with Gasteiger partial charge in [0, 0.05) is 6.26 Å². The number of rotatable bonds is 3. The number of allylic oxidation sites excluding steroid dienone is 4. The quantitative estimate of drug-likeness (QED) is 0.272. The molecular weight excluding hydrogens is 611 g/mol. The molecule has 7 rings (SSSR count). The molecule has 1 heterocycles. The standard InChI is InChI=1S/C13H9.C13H10.C10H9O.2ClH.Zr/c1-3-7-12-10(5-1)9-11-6-2-4-8-13(11)12;1-3-7-12(8-4-1)11-13-9-5-2-6-10-13;1-8-2-3-9(6-8)10-4-5-11-7-10;;;/h1-9H;1-10H;2-5,7-8H,1H3;2*1H;/q-1;;-1;;;+2/p-2. The molecule has 40 heavy (non-hydrogen) atoms. The summed E-state index contributed by atoms with van der Waals surface area (Å²) < 4.78 is 6.38. The van der Waals surface area contributed by atoms with Crippen molar-refractivity contribution < 1.29 is 53.5 Å². The van der Waals surface area contributed by atoms with Gasteiger partial charge in [0.2, 0.25) is 0 Å². The van der Waals surface area contributed by atoms with Crippen LogP contribution in [0.5, 0.6) is 0 Å². The molecule has 5 aromatic carbocycles. The first-order valence-corrected chi connectivity index (χ1v) is 14.0. The Kier molecular flexibility index (Phi) is 12.2. The van der Waals surface area contributed by atoms with E-state index in [0.29, 0.717) is 5.92 Å². The second-order valence-electron chi connectivity index (χ2n) is 9.14. The summed E-state index contributed by atoms with van der Waals surface area (Å²) in [5.41, 5.74) is 4.92. The van der Waals surface area contributed by atoms with E-state index >= 15 is 0 Å². The number of halogens is 2. The summed E-state index contributed by atoms with van der Waals surface area (Å²) in [6.45, 7) is 2.11. The van der Waals surface area contributed by atoms with Gasteiger partial charge in [0.25, 0.3) is 0 Å². The van der Waals surface area contributed by atoms with Crippen LogP contribution in [0, 0.1) is 12.0 Å². The molecule has 0 amide bonds. The van der Waals surface area contributed by atoms with Gasteiger partial charge in [-0.25, -0.2) is 0 Å². The van der Waals surface area contributed by atoms with Gasteiger partial charge in [0.15, 0.2) is 0 Å². The zero-order valence-electron chi connectivity index (χ0n) is 22.1. The van der Waals surface area contributed by atoms with Crippen LogP contribution in [0.1, 0.15) is 23.6 Å². The maximum absolute atomic E-state index is 4.97. The Morgan fingerprint density at radius 2 is 1.20 bits per heavy atom. The predicted molar refractivity (Wildman–Crippen MR) is 157 cm³/mol. The van der Waals surface area contributed by atoms with Gasteiger partial charge in [-0.15, -0.1) is 45.8 Å². The second kappa shape index (κ2) is 15.6. The molecule has 1 unspecified atom stereocenters. The molecule has 1 aromatic heterocycles. The predicted octanol–water partition coefficient (Wildman–Crippen LogP) is 3.19. The molecule has 0 saturated carbocycles. The van der Waals surface area contributed by atoms with Gasteiger partial charge < -0.3 is 29.2 Å². The minimum atomic E-state index is 0. The van der Waals surface area contributed by atoms with E-state index in [1.807, 2.05) is 6.07 Å². The molecule has 198 valence electrons. The molecule has 0 aliphatic heterocycles. The van der Waals surface area contributed by atoms with E-state index in [9.17, 15) is 0 Å². The van der Waals surface area contributed by atoms with Crippen LogP contribution in [-0.4, -0.2) is 3.21 Å². The second-order valence-corrected chi connectivity index (χ2v) is 10.4. The topological polar surface area (TPSA) is 13.1 Å². The Morgan fingerprint density at radius 3 is 1.65 bits per heavy atom. The third-order valence-electron chi connectivity index (χ3n) is 6.41. The van der Waals surface area contributed by atoms with Gasteiger partial charge in [-0.05, 0) is 0 Å². The largest absolute Gasteiger partial charge is 0.126 e. The molecule has 1 atom stereocenters. The minimum Gasteiger partial charge on any atom is -0.126 e. The van der Waals surface area contributed by atoms with Crippen molar-refractivity contribution in [3.05, 3.63) is 169 Å². The summed E-state index contributed by atoms with van der Waals surface area (Å²) in [7, 11) is 0. The third kappa shape index (κ3) is 7.95. The molecule has 1 aliphatic rings. The van der Waals surface area contributed by atoms with E-state index in [1.165, 1.54) is 60.1 Å². The van der Waals surface area contributed by atoms with Crippen molar-refractivity contribution in [2.45, 2.75) is 6.92 Å². The molecule has 1 nitrogen and oxygen atoms in total. The summed E-state index contributed by atoms with van der Waals surface area (Å²) in [4.78, 5) is 0. The summed E-state index contributed by atoms with van der Waals surface area (Å²) in [6, 6.07) is 42.3. The summed E-state index contributed by atoms with van der Waals surface area (Å²) >= 11 is 1.46. The van der Waals surface area contributed by atoms with Crippen molar-refractivity contribution in [1.29, 1.82) is 0 Å². The van der Waals surface area contributed by atoms with E-state index in [2.05, 4.69) is 140 Å². The van der Waals surface area contributed by atoms with Crippen LogP contribution in [0.3, 0.4) is 0 Å². The number of benzene rings is 4. The van der Waals surface area contributed by atoms with Crippen LogP contribution in [0.2, 0.25) is 0 Å². The van der Waals surface area contributed by atoms with Gasteiger partial charge in [-0.3, -0.25) is 0 Å². The van der Waals surface area contributed by atoms with E-state index in [-0.39, 0.29) is 24.8 Å². The van der Waals surface area contributed by atoms with E-state index in [4.69, 9.17) is 4.42 Å². The molecular formula is C36H28Cl2OZr-2. The van der Waals surface area contributed by atoms with E-state index in [0.717, 1.165) is 11.1 Å². The van der Waals surface area contributed by atoms with Gasteiger partial charge >= 0.3 is 99.2 Å². The van der Waals surface area contributed by atoms with Crippen LogP contribution in [0.4, 0.5) is 0 Å². The first-order chi connectivity index (χ1) is 18.7. The number of fused-ring (bicyclic) bond motifs is 3. The number of furan rings is 1. The Hall–Kier alpha value is -3.16. The molecule has 0 saturated heterocycles. The fourth-order valence-electron chi connectivity index (χ4n) is 4.46. The van der Waals surface area contributed by atoms with Crippen molar-refractivity contribution in [1.82, 2.24) is 0 Å². The minimum absolute atomic E-state index is 0. The summed E-state index contributed by atoms with van der Waals surface area (Å²) in [5.74, 6) is 0.444. The van der Waals surface area contributed by atoms with Crippen LogP contribution < -0.4 is 24.8 Å². The normalized spacial score (nSPS) is 13.2. The summed E-state index contributed by atoms with van der Waals surface area (Å²) in [5, 5.41) is 5.39. The van der Waals surface area contributed by atoms with Crippen molar-refractivity contribution in [3.63, 3.8) is 0 Å². The molecule has 0 fully saturated rings. The van der Waals surface area contributed by atoms with Crippen LogP contribution in [0.25, 0.3) is 27.1 Å². The molecule has 4 heteroatoms. The van der Waals surface area contributed by atoms with Crippen molar-refractivity contribution in [2.24, 2.45) is 5.92 Å². The number of hydrogen-bond donors (Lipinski definition) is 0. The fraction of sp³-hybridized carbons (Fsp3) is 0.0556. The Bertz CT molecular complexity index is 1590. The van der Waals surface area contributed by atoms with Gasteiger partial charge in [0.05, 0.1) is 6.26 Å². The smallest absolute Gasteiger partial charge is 0.0771 e. The maximum Gasteiger partial charge on any atom is -0.0771 e. The molecule has 0 bridgehead atoms. The average Bonchev–Trinajstić information content (AvgIpc) is 3.74. The Balaban J connectivity index is 0.000000162. The maximum atomic E-state index is 4.97. The van der Waals surface area contributed by atoms with Crippen molar-refractivity contribution in [2.75, 3.05) is 0 Å². The van der Waals surface area contributed by atoms with Crippen molar-refractivity contribution >= 4 is 30.3 Å². The zero-order chi connectivity index (χ0) is 26.2. The van der Waals surface area contributed by atoms with Gasteiger partial charge in [-0.1, -0.05) is 60.9 Å². The van der Waals surface area contributed by atoms with Crippen LogP contribution in [0.15, 0.2) is 150 Å². The molecule has 0 spiro atoms. The zero-order valence-corrected chi connectivity index (χ0v) is 26.1. The monoisotopic (exact) mass is 636 g/mol. The van der Waals surface area contributed by atoms with Crippen LogP contribution in [-0.2, 0) is 24.2 Å². The first kappa shape index (κ1) is 31.4. The molecule has 0 N–H and O–H groups in total. The van der Waals surface area contributed by atoms with E-state index < -0.39 is 0 Å². The average molecular weight is 639 g/mol. The Labute approximate surface area is 263 Å². The Morgan fingerprint density at radius 1 is 0.700 bits per heavy atom. The fourth-order valence-corrected chi connectivity index (χ4v) is 5.28. The summed E-state index contributed by atoms with van der Waals surface area (Å²) in [6.07, 6.45) is 10.9.